The van der Waals surface area contributed by atoms with Gasteiger partial charge >= 0.3 is 0 Å². The molecular formula is C34H32Cl2N4O3S. The monoisotopic (exact) mass is 646 g/mol. The molecule has 10 heteroatoms. The van der Waals surface area contributed by atoms with Gasteiger partial charge < -0.3 is 20.9 Å². The summed E-state index contributed by atoms with van der Waals surface area (Å²) in [4.78, 5) is 42.3. The van der Waals surface area contributed by atoms with Crippen LogP contribution in [0.2, 0.25) is 10.0 Å². The van der Waals surface area contributed by atoms with Gasteiger partial charge in [0.05, 0.1) is 5.25 Å². The molecule has 0 saturated heterocycles. The summed E-state index contributed by atoms with van der Waals surface area (Å²) in [5.74, 6) is -1.09. The first-order chi connectivity index (χ1) is 21.1. The molecule has 3 amide bonds. The average Bonchev–Trinajstić information content (AvgIpc) is 2.99. The number of hydrogen-bond donors (Lipinski definition) is 3. The maximum Gasteiger partial charge on any atom is 0.272 e. The molecule has 0 aliphatic carbocycles. The van der Waals surface area contributed by atoms with E-state index in [0.29, 0.717) is 33.4 Å². The normalized spacial score (nSPS) is 11.8. The summed E-state index contributed by atoms with van der Waals surface area (Å²) in [7, 11) is 3.89. The van der Waals surface area contributed by atoms with Gasteiger partial charge in [-0.25, -0.2) is 0 Å². The Hall–Kier alpha value is -4.24. The quantitative estimate of drug-likeness (QED) is 0.114. The number of rotatable bonds is 11. The van der Waals surface area contributed by atoms with Crippen LogP contribution in [0.1, 0.15) is 29.3 Å². The van der Waals surface area contributed by atoms with Gasteiger partial charge in [0.15, 0.2) is 0 Å². The van der Waals surface area contributed by atoms with Crippen molar-refractivity contribution in [3.8, 4) is 0 Å². The number of benzene rings is 4. The van der Waals surface area contributed by atoms with Gasteiger partial charge in [0.2, 0.25) is 5.91 Å². The first-order valence-electron chi connectivity index (χ1n) is 13.8. The second kappa shape index (κ2) is 15.5. The third kappa shape index (κ3) is 9.38. The fourth-order valence-electron chi connectivity index (χ4n) is 4.16. The summed E-state index contributed by atoms with van der Waals surface area (Å²) in [5, 5.41) is 8.97. The molecule has 4 aromatic rings. The summed E-state index contributed by atoms with van der Waals surface area (Å²) >= 11 is 13.5. The number of hydrogen-bond acceptors (Lipinski definition) is 5. The molecule has 1 atom stereocenters. The van der Waals surface area contributed by atoms with E-state index in [1.807, 2.05) is 62.3 Å². The van der Waals surface area contributed by atoms with Gasteiger partial charge in [0.1, 0.15) is 5.70 Å². The molecule has 226 valence electrons. The van der Waals surface area contributed by atoms with Crippen LogP contribution >= 0.6 is 35.0 Å². The molecule has 44 heavy (non-hydrogen) atoms. The predicted octanol–water partition coefficient (Wildman–Crippen LogP) is 7.98. The minimum Gasteiger partial charge on any atom is -0.378 e. The Morgan fingerprint density at radius 1 is 0.818 bits per heavy atom. The Morgan fingerprint density at radius 2 is 1.50 bits per heavy atom. The van der Waals surface area contributed by atoms with Crippen molar-refractivity contribution >= 4 is 75.8 Å². The van der Waals surface area contributed by atoms with Crippen molar-refractivity contribution in [1.82, 2.24) is 5.32 Å². The lowest BCUT2D eigenvalue weighted by molar-refractivity contribution is -0.116. The third-order valence-electron chi connectivity index (χ3n) is 6.41. The predicted molar refractivity (Wildman–Crippen MR) is 183 cm³/mol. The number of carbonyl (C=O) groups excluding carboxylic acids is 3. The van der Waals surface area contributed by atoms with Crippen molar-refractivity contribution in [2.75, 3.05) is 29.6 Å². The van der Waals surface area contributed by atoms with Crippen LogP contribution in [0.4, 0.5) is 17.1 Å². The highest BCUT2D eigenvalue weighted by Gasteiger charge is 2.20. The van der Waals surface area contributed by atoms with E-state index in [2.05, 4.69) is 16.0 Å². The average molecular weight is 648 g/mol. The number of nitrogens with one attached hydrogen (secondary N) is 3. The standard InChI is InChI=1S/C34H32Cl2N4O3S/c1-4-31(34(43)38-27-19-24(35)18-25(36)20-27)44-29-12-8-11-26(21-29)37-33(42)30(39-32(41)23-9-6-5-7-10-23)17-22-13-15-28(16-14-22)40(2)3/h5-21,31H,4H2,1-3H3,(H,37,42)(H,38,43)(H,39,41)/b30-17+. The highest BCUT2D eigenvalue weighted by Crippen LogP contribution is 2.30. The maximum absolute atomic E-state index is 13.5. The van der Waals surface area contributed by atoms with Crippen LogP contribution in [0, 0.1) is 0 Å². The van der Waals surface area contributed by atoms with Gasteiger partial charge in [0, 0.05) is 51.7 Å². The first kappa shape index (κ1) is 32.7. The lowest BCUT2D eigenvalue weighted by Gasteiger charge is -2.16. The number of amides is 3. The third-order valence-corrected chi connectivity index (χ3v) is 8.21. The lowest BCUT2D eigenvalue weighted by Crippen LogP contribution is -2.30. The number of nitrogens with zero attached hydrogens (tertiary/aromatic N) is 1. The molecule has 0 spiro atoms. The van der Waals surface area contributed by atoms with Gasteiger partial charge in [-0.2, -0.15) is 0 Å². The van der Waals surface area contributed by atoms with Crippen molar-refractivity contribution in [3.63, 3.8) is 0 Å². The number of anilines is 3. The molecule has 0 bridgehead atoms. The van der Waals surface area contributed by atoms with E-state index in [0.717, 1.165) is 16.1 Å². The van der Waals surface area contributed by atoms with Gasteiger partial charge in [-0.15, -0.1) is 11.8 Å². The van der Waals surface area contributed by atoms with E-state index >= 15 is 0 Å². The second-order valence-corrected chi connectivity index (χ2v) is 12.2. The molecule has 0 aliphatic heterocycles. The molecular weight excluding hydrogens is 615 g/mol. The van der Waals surface area contributed by atoms with Crippen molar-refractivity contribution in [2.24, 2.45) is 0 Å². The Labute approximate surface area is 271 Å². The van der Waals surface area contributed by atoms with Crippen LogP contribution in [-0.2, 0) is 9.59 Å². The van der Waals surface area contributed by atoms with E-state index in [4.69, 9.17) is 23.2 Å². The van der Waals surface area contributed by atoms with Crippen molar-refractivity contribution in [3.05, 3.63) is 124 Å². The fraction of sp³-hybridized carbons (Fsp3) is 0.147. The minimum atomic E-state index is -0.490. The summed E-state index contributed by atoms with van der Waals surface area (Å²) < 4.78 is 0. The van der Waals surface area contributed by atoms with Gasteiger partial charge in [-0.3, -0.25) is 14.4 Å². The largest absolute Gasteiger partial charge is 0.378 e. The summed E-state index contributed by atoms with van der Waals surface area (Å²) in [6, 6.07) is 28.4. The molecule has 1 unspecified atom stereocenters. The summed E-state index contributed by atoms with van der Waals surface area (Å²) in [5.41, 5.74) is 3.29. The zero-order chi connectivity index (χ0) is 31.6. The van der Waals surface area contributed by atoms with Crippen molar-refractivity contribution in [2.45, 2.75) is 23.5 Å². The van der Waals surface area contributed by atoms with Crippen molar-refractivity contribution in [1.29, 1.82) is 0 Å². The molecule has 0 fully saturated rings. The van der Waals surface area contributed by atoms with Crippen molar-refractivity contribution < 1.29 is 14.4 Å². The SMILES string of the molecule is CCC(Sc1cccc(NC(=O)/C(=C\c2ccc(N(C)C)cc2)NC(=O)c2ccccc2)c1)C(=O)Nc1cc(Cl)cc(Cl)c1. The Balaban J connectivity index is 1.51. The van der Waals surface area contributed by atoms with Gasteiger partial charge in [0.25, 0.3) is 11.8 Å². The molecule has 0 aliphatic rings. The molecule has 7 nitrogen and oxygen atoms in total. The van der Waals surface area contributed by atoms with E-state index in [1.165, 1.54) is 11.8 Å². The van der Waals surface area contributed by atoms with Gasteiger partial charge in [-0.05, 0) is 78.7 Å². The molecule has 0 saturated carbocycles. The molecule has 0 aromatic heterocycles. The molecule has 0 radical (unpaired) electrons. The number of thioether (sulfide) groups is 1. The summed E-state index contributed by atoms with van der Waals surface area (Å²) in [6.07, 6.45) is 2.19. The smallest absolute Gasteiger partial charge is 0.272 e. The Morgan fingerprint density at radius 3 is 2.14 bits per heavy atom. The number of carbonyl (C=O) groups is 3. The lowest BCUT2D eigenvalue weighted by atomic mass is 10.1. The zero-order valence-corrected chi connectivity index (χ0v) is 26.8. The first-order valence-corrected chi connectivity index (χ1v) is 15.5. The molecule has 4 aromatic carbocycles. The van der Waals surface area contributed by atoms with Crippen LogP contribution in [0.5, 0.6) is 0 Å². The van der Waals surface area contributed by atoms with E-state index in [1.54, 1.807) is 66.7 Å². The van der Waals surface area contributed by atoms with Crippen LogP contribution in [0.3, 0.4) is 0 Å². The van der Waals surface area contributed by atoms with E-state index in [-0.39, 0.29) is 11.6 Å². The maximum atomic E-state index is 13.5. The molecule has 4 rings (SSSR count). The van der Waals surface area contributed by atoms with Crippen LogP contribution in [0.15, 0.2) is 108 Å². The van der Waals surface area contributed by atoms with Crippen LogP contribution in [-0.4, -0.2) is 37.1 Å². The number of halogens is 2. The fourth-order valence-corrected chi connectivity index (χ4v) is 5.70. The molecule has 3 N–H and O–H groups in total. The minimum absolute atomic E-state index is 0.0838. The molecule has 0 heterocycles. The van der Waals surface area contributed by atoms with Crippen LogP contribution in [0.25, 0.3) is 6.08 Å². The van der Waals surface area contributed by atoms with E-state index in [9.17, 15) is 14.4 Å². The van der Waals surface area contributed by atoms with Gasteiger partial charge in [-0.1, -0.05) is 66.5 Å². The highest BCUT2D eigenvalue weighted by atomic mass is 35.5. The summed E-state index contributed by atoms with van der Waals surface area (Å²) in [6.45, 7) is 1.92. The topological polar surface area (TPSA) is 90.5 Å². The zero-order valence-electron chi connectivity index (χ0n) is 24.4. The van der Waals surface area contributed by atoms with E-state index < -0.39 is 17.1 Å². The second-order valence-electron chi connectivity index (χ2n) is 10.0. The van der Waals surface area contributed by atoms with Crippen LogP contribution < -0.4 is 20.9 Å². The highest BCUT2D eigenvalue weighted by molar-refractivity contribution is 8.00. The Kier molecular flexibility index (Phi) is 11.5. The Bertz CT molecular complexity index is 1640.